The third kappa shape index (κ3) is 6.52. The van der Waals surface area contributed by atoms with Crippen LogP contribution in [0.5, 0.6) is 0 Å². The van der Waals surface area contributed by atoms with E-state index in [-0.39, 0.29) is 23.9 Å². The molecule has 0 bridgehead atoms. The van der Waals surface area contributed by atoms with Gasteiger partial charge in [-0.25, -0.2) is 4.79 Å². The van der Waals surface area contributed by atoms with Crippen LogP contribution in [0, 0.1) is 5.41 Å². The second-order valence-corrected chi connectivity index (χ2v) is 11.3. The van der Waals surface area contributed by atoms with E-state index in [1.165, 1.54) is 17.9 Å². The predicted octanol–water partition coefficient (Wildman–Crippen LogP) is 3.11. The second-order valence-electron chi connectivity index (χ2n) is 11.3. The van der Waals surface area contributed by atoms with E-state index >= 15 is 0 Å². The van der Waals surface area contributed by atoms with Crippen LogP contribution in [0.1, 0.15) is 47.1 Å². The number of carbonyl (C=O) groups is 3. The Hall–Kier alpha value is -3.33. The summed E-state index contributed by atoms with van der Waals surface area (Å²) in [6.45, 7) is 11.3. The number of carboxylic acids is 1. The molecule has 37 heavy (non-hydrogen) atoms. The van der Waals surface area contributed by atoms with Gasteiger partial charge < -0.3 is 30.5 Å². The maximum absolute atomic E-state index is 13.7. The van der Waals surface area contributed by atoms with Crippen molar-refractivity contribution in [2.45, 2.75) is 59.0 Å². The van der Waals surface area contributed by atoms with Gasteiger partial charge in [0, 0.05) is 61.5 Å². The summed E-state index contributed by atoms with van der Waals surface area (Å²) < 4.78 is 2.06. The maximum Gasteiger partial charge on any atom is 0.331 e. The number of benzene rings is 1. The molecule has 0 radical (unpaired) electrons. The molecule has 1 heterocycles. The first-order valence-corrected chi connectivity index (χ1v) is 12.5. The Labute approximate surface area is 220 Å². The number of hydrogen-bond acceptors (Lipinski definition) is 5. The van der Waals surface area contributed by atoms with Crippen molar-refractivity contribution < 1.29 is 19.5 Å². The van der Waals surface area contributed by atoms with Gasteiger partial charge >= 0.3 is 5.97 Å². The molecular weight excluding hydrogens is 470 g/mol. The molecular formula is C28H43N5O4. The van der Waals surface area contributed by atoms with Gasteiger partial charge in [0.15, 0.2) is 0 Å². The van der Waals surface area contributed by atoms with E-state index in [0.29, 0.717) is 0 Å². The van der Waals surface area contributed by atoms with Crippen LogP contribution in [0.15, 0.2) is 36.0 Å². The van der Waals surface area contributed by atoms with E-state index in [9.17, 15) is 14.4 Å². The molecule has 1 aromatic carbocycles. The molecule has 0 aliphatic heterocycles. The van der Waals surface area contributed by atoms with Crippen molar-refractivity contribution in [1.29, 1.82) is 0 Å². The number of aromatic nitrogens is 1. The zero-order valence-electron chi connectivity index (χ0n) is 23.8. The number of carboxylic acid groups (broad SMARTS) is 1. The third-order valence-electron chi connectivity index (χ3n) is 7.03. The summed E-state index contributed by atoms with van der Waals surface area (Å²) in [5, 5.41) is 19.5. The zero-order valence-corrected chi connectivity index (χ0v) is 23.8. The van der Waals surface area contributed by atoms with Crippen LogP contribution >= 0.6 is 0 Å². The number of anilines is 1. The average molecular weight is 514 g/mol. The Kier molecular flexibility index (Phi) is 9.19. The van der Waals surface area contributed by atoms with E-state index in [4.69, 9.17) is 5.11 Å². The number of hydrogen-bond donors (Lipinski definition) is 4. The number of rotatable bonds is 10. The highest BCUT2D eigenvalue weighted by molar-refractivity contribution is 5.93. The van der Waals surface area contributed by atoms with Gasteiger partial charge in [-0.1, -0.05) is 40.7 Å². The van der Waals surface area contributed by atoms with Crippen LogP contribution < -0.4 is 16.0 Å². The van der Waals surface area contributed by atoms with Gasteiger partial charge in [-0.15, -0.1) is 0 Å². The fourth-order valence-corrected chi connectivity index (χ4v) is 4.58. The zero-order chi connectivity index (χ0) is 28.3. The standard InChI is InChI=1S/C28H43N5O4/c1-17(26(36)37)13-14-32(9)25(35)23(27(2,3)4)31-24(34)22(30-8)28(5,6)20-16-33(10)21-12-11-18(29-7)15-19(20)21/h11-13,15-16,22-23,29-30H,14H2,1-10H3,(H,31,34)(H,36,37)/b17-13+. The van der Waals surface area contributed by atoms with E-state index in [0.717, 1.165) is 22.2 Å². The first kappa shape index (κ1) is 29.9. The molecule has 4 N–H and O–H groups in total. The highest BCUT2D eigenvalue weighted by atomic mass is 16.4. The van der Waals surface area contributed by atoms with E-state index in [2.05, 4.69) is 38.8 Å². The third-order valence-corrected chi connectivity index (χ3v) is 7.03. The molecule has 2 atom stereocenters. The summed E-state index contributed by atoms with van der Waals surface area (Å²) in [6.07, 6.45) is 3.54. The van der Waals surface area contributed by atoms with E-state index in [1.54, 1.807) is 14.1 Å². The van der Waals surface area contributed by atoms with E-state index < -0.39 is 28.9 Å². The fourth-order valence-electron chi connectivity index (χ4n) is 4.58. The van der Waals surface area contributed by atoms with Crippen LogP contribution in [0.2, 0.25) is 0 Å². The molecule has 2 aromatic rings. The van der Waals surface area contributed by atoms with Gasteiger partial charge in [0.1, 0.15) is 6.04 Å². The largest absolute Gasteiger partial charge is 0.478 e. The van der Waals surface area contributed by atoms with Gasteiger partial charge in [-0.3, -0.25) is 9.59 Å². The molecule has 0 saturated heterocycles. The first-order valence-electron chi connectivity index (χ1n) is 12.5. The normalized spacial score (nSPS) is 14.3. The molecule has 2 rings (SSSR count). The van der Waals surface area contributed by atoms with Crippen molar-refractivity contribution in [3.8, 4) is 0 Å². The number of carbonyl (C=O) groups excluding carboxylic acids is 2. The lowest BCUT2D eigenvalue weighted by atomic mass is 9.76. The SMILES string of the molecule is CNc1ccc2c(c1)c(C(C)(C)C(NC)C(=O)NC(C(=O)N(C)C/C=C(\C)C(=O)O)C(C)(C)C)cn2C. The molecule has 0 aliphatic rings. The first-order chi connectivity index (χ1) is 17.1. The highest BCUT2D eigenvalue weighted by Gasteiger charge is 2.41. The summed E-state index contributed by atoms with van der Waals surface area (Å²) in [5.74, 6) is -1.60. The lowest BCUT2D eigenvalue weighted by molar-refractivity contribution is -0.139. The number of aryl methyl sites for hydroxylation is 1. The number of aliphatic carboxylic acids is 1. The van der Waals surface area contributed by atoms with Crippen molar-refractivity contribution in [3.63, 3.8) is 0 Å². The topological polar surface area (TPSA) is 116 Å². The monoisotopic (exact) mass is 513 g/mol. The smallest absolute Gasteiger partial charge is 0.331 e. The van der Waals surface area contributed by atoms with Crippen molar-refractivity contribution in [2.75, 3.05) is 33.0 Å². The Balaban J connectivity index is 2.39. The molecule has 0 aliphatic carbocycles. The number of nitrogens with one attached hydrogen (secondary N) is 3. The van der Waals surface area contributed by atoms with Gasteiger partial charge in [-0.2, -0.15) is 0 Å². The van der Waals surface area contributed by atoms with Crippen LogP contribution in [-0.4, -0.2) is 72.1 Å². The molecule has 9 heteroatoms. The van der Waals surface area contributed by atoms with Crippen molar-refractivity contribution in [2.24, 2.45) is 12.5 Å². The molecule has 0 saturated carbocycles. The molecule has 0 spiro atoms. The van der Waals surface area contributed by atoms with Gasteiger partial charge in [0.25, 0.3) is 0 Å². The Morgan fingerprint density at radius 3 is 2.24 bits per heavy atom. The predicted molar refractivity (Wildman–Crippen MR) is 149 cm³/mol. The number of nitrogens with zero attached hydrogens (tertiary/aromatic N) is 2. The minimum absolute atomic E-state index is 0.129. The Morgan fingerprint density at radius 1 is 1.11 bits per heavy atom. The van der Waals surface area contributed by atoms with Gasteiger partial charge in [-0.05, 0) is 43.1 Å². The Morgan fingerprint density at radius 2 is 1.73 bits per heavy atom. The van der Waals surface area contributed by atoms with Crippen molar-refractivity contribution in [3.05, 3.63) is 41.6 Å². The summed E-state index contributed by atoms with van der Waals surface area (Å²) in [6, 6.07) is 4.72. The quantitative estimate of drug-likeness (QED) is 0.363. The summed E-state index contributed by atoms with van der Waals surface area (Å²) in [5.41, 5.74) is 2.02. The minimum Gasteiger partial charge on any atom is -0.478 e. The van der Waals surface area contributed by atoms with Crippen molar-refractivity contribution >= 4 is 34.4 Å². The average Bonchev–Trinajstić information content (AvgIpc) is 3.16. The lowest BCUT2D eigenvalue weighted by Crippen LogP contribution is -2.60. The number of amides is 2. The Bertz CT molecular complexity index is 1190. The number of likely N-dealkylation sites (N-methyl/N-ethyl adjacent to an activating group) is 2. The number of fused-ring (bicyclic) bond motifs is 1. The second kappa shape index (κ2) is 11.4. The summed E-state index contributed by atoms with van der Waals surface area (Å²) >= 11 is 0. The van der Waals surface area contributed by atoms with Crippen LogP contribution in [0.4, 0.5) is 5.69 Å². The summed E-state index contributed by atoms with van der Waals surface area (Å²) in [7, 11) is 7.21. The molecule has 2 amide bonds. The minimum atomic E-state index is -1.03. The maximum atomic E-state index is 13.7. The molecule has 2 unspecified atom stereocenters. The van der Waals surface area contributed by atoms with Crippen LogP contribution in [-0.2, 0) is 26.8 Å². The fraction of sp³-hybridized carbons (Fsp3) is 0.536. The molecule has 9 nitrogen and oxygen atoms in total. The van der Waals surface area contributed by atoms with E-state index in [1.807, 2.05) is 54.8 Å². The van der Waals surface area contributed by atoms with Gasteiger partial charge in [0.05, 0.1) is 6.04 Å². The van der Waals surface area contributed by atoms with Crippen LogP contribution in [0.25, 0.3) is 10.9 Å². The molecule has 1 aromatic heterocycles. The molecule has 204 valence electrons. The lowest BCUT2D eigenvalue weighted by Gasteiger charge is -2.38. The van der Waals surface area contributed by atoms with Crippen LogP contribution in [0.3, 0.4) is 0 Å². The molecule has 0 fully saturated rings. The summed E-state index contributed by atoms with van der Waals surface area (Å²) in [4.78, 5) is 39.7. The van der Waals surface area contributed by atoms with Crippen molar-refractivity contribution in [1.82, 2.24) is 20.1 Å². The van der Waals surface area contributed by atoms with Gasteiger partial charge in [0.2, 0.25) is 11.8 Å². The highest BCUT2D eigenvalue weighted by Crippen LogP contribution is 2.36.